The summed E-state index contributed by atoms with van der Waals surface area (Å²) >= 11 is 0. The summed E-state index contributed by atoms with van der Waals surface area (Å²) in [6.07, 6.45) is 8.15. The molecule has 5 heteroatoms. The second-order valence-corrected chi connectivity index (χ2v) is 10.8. The molecule has 4 aliphatic carbocycles. The van der Waals surface area contributed by atoms with E-state index in [9.17, 15) is 19.5 Å². The summed E-state index contributed by atoms with van der Waals surface area (Å²) < 4.78 is 0. The van der Waals surface area contributed by atoms with Crippen molar-refractivity contribution in [2.45, 2.75) is 66.7 Å². The van der Waals surface area contributed by atoms with Crippen molar-refractivity contribution >= 4 is 17.5 Å². The number of carbonyl (C=O) groups excluding carboxylic acids is 3. The van der Waals surface area contributed by atoms with Crippen molar-refractivity contribution in [2.24, 2.45) is 40.4 Å². The first kappa shape index (κ1) is 22.3. The van der Waals surface area contributed by atoms with Gasteiger partial charge < -0.3 is 10.0 Å². The summed E-state index contributed by atoms with van der Waals surface area (Å²) in [6.45, 7) is 11.6. The van der Waals surface area contributed by atoms with Gasteiger partial charge in [0.05, 0.1) is 0 Å². The molecule has 0 aromatic carbocycles. The molecule has 0 aromatic heterocycles. The Bertz CT molecular complexity index is 869. The van der Waals surface area contributed by atoms with Crippen LogP contribution in [0, 0.1) is 40.4 Å². The number of fused-ring (bicyclic) bond motifs is 5. The van der Waals surface area contributed by atoms with Crippen LogP contribution >= 0.6 is 0 Å². The van der Waals surface area contributed by atoms with E-state index in [1.54, 1.807) is 11.0 Å². The number of rotatable bonds is 4. The molecule has 1 N–H and O–H groups in total. The van der Waals surface area contributed by atoms with Crippen LogP contribution in [0.5, 0.6) is 0 Å². The molecular formula is C26H37NO4. The van der Waals surface area contributed by atoms with Crippen molar-refractivity contribution in [3.8, 4) is 0 Å². The molecule has 0 saturated heterocycles. The fourth-order valence-corrected chi connectivity index (χ4v) is 7.95. The molecule has 31 heavy (non-hydrogen) atoms. The Labute approximate surface area is 185 Å². The van der Waals surface area contributed by atoms with Crippen LogP contribution in [0.25, 0.3) is 0 Å². The van der Waals surface area contributed by atoms with Crippen LogP contribution in [0.15, 0.2) is 23.5 Å². The third-order valence-electron chi connectivity index (χ3n) is 9.54. The summed E-state index contributed by atoms with van der Waals surface area (Å²) in [5, 5.41) is 10.3. The van der Waals surface area contributed by atoms with Crippen molar-refractivity contribution in [1.29, 1.82) is 0 Å². The van der Waals surface area contributed by atoms with Gasteiger partial charge in [0.25, 0.3) is 5.91 Å². The monoisotopic (exact) mass is 427 g/mol. The zero-order valence-corrected chi connectivity index (χ0v) is 19.6. The van der Waals surface area contributed by atoms with E-state index in [0.717, 1.165) is 37.7 Å². The van der Waals surface area contributed by atoms with E-state index in [2.05, 4.69) is 20.8 Å². The Hall–Kier alpha value is -1.91. The van der Waals surface area contributed by atoms with Gasteiger partial charge in [-0.2, -0.15) is 0 Å². The largest absolute Gasteiger partial charge is 0.504 e. The second-order valence-electron chi connectivity index (χ2n) is 10.8. The van der Waals surface area contributed by atoms with Crippen molar-refractivity contribution < 1.29 is 19.5 Å². The van der Waals surface area contributed by atoms with Gasteiger partial charge in [-0.1, -0.05) is 26.3 Å². The Morgan fingerprint density at radius 2 is 1.81 bits per heavy atom. The molecule has 7 atom stereocenters. The van der Waals surface area contributed by atoms with Gasteiger partial charge in [0.2, 0.25) is 11.6 Å². The van der Waals surface area contributed by atoms with E-state index in [4.69, 9.17) is 0 Å². The molecular weight excluding hydrogens is 390 g/mol. The van der Waals surface area contributed by atoms with Gasteiger partial charge in [0, 0.05) is 24.4 Å². The van der Waals surface area contributed by atoms with Crippen molar-refractivity contribution in [2.75, 3.05) is 13.1 Å². The van der Waals surface area contributed by atoms with E-state index >= 15 is 0 Å². The highest BCUT2D eigenvalue weighted by Crippen LogP contribution is 2.67. The first-order valence-electron chi connectivity index (χ1n) is 12.1. The molecule has 4 rings (SSSR count). The number of carbonyl (C=O) groups is 3. The van der Waals surface area contributed by atoms with Gasteiger partial charge in [-0.25, -0.2) is 0 Å². The molecule has 3 saturated carbocycles. The van der Waals surface area contributed by atoms with Gasteiger partial charge in [-0.15, -0.1) is 0 Å². The normalized spacial score (nSPS) is 41.5. The number of Topliss-reactive ketones (excluding diaryl/α,β-unsaturated/α-hetero) is 1. The minimum Gasteiger partial charge on any atom is -0.504 e. The Balaban J connectivity index is 1.64. The van der Waals surface area contributed by atoms with Crippen LogP contribution in [-0.2, 0) is 14.4 Å². The van der Waals surface area contributed by atoms with Crippen LogP contribution in [0.3, 0.4) is 0 Å². The van der Waals surface area contributed by atoms with Gasteiger partial charge in [0.15, 0.2) is 5.76 Å². The number of aliphatic hydroxyl groups is 1. The van der Waals surface area contributed by atoms with Crippen LogP contribution in [0.1, 0.15) is 66.7 Å². The molecule has 0 bridgehead atoms. The van der Waals surface area contributed by atoms with Gasteiger partial charge >= 0.3 is 0 Å². The predicted octanol–water partition coefficient (Wildman–Crippen LogP) is 4.48. The molecule has 0 spiro atoms. The average Bonchev–Trinajstić information content (AvgIpc) is 3.07. The number of aliphatic hydroxyl groups excluding tert-OH is 1. The van der Waals surface area contributed by atoms with Crippen LogP contribution in [0.2, 0.25) is 0 Å². The third-order valence-corrected chi connectivity index (χ3v) is 9.54. The Kier molecular flexibility index (Phi) is 5.46. The fourth-order valence-electron chi connectivity index (χ4n) is 7.95. The highest BCUT2D eigenvalue weighted by Gasteiger charge is 2.61. The molecule has 170 valence electrons. The first-order chi connectivity index (χ1) is 14.6. The molecule has 5 nitrogen and oxygen atoms in total. The standard InChI is InChI=1S/C26H37NO4/c1-6-27(7-2)24(31)23(30)19-9-8-17-16-12-15(3)20-13-21(28)22(29)14-26(20,5)18(16)10-11-25(17,19)4/h13-19,29H,6-12H2,1-5H3/t15-,16-,17-,18-,19+,25-,26+/m0/s1. The minimum atomic E-state index is -0.313. The number of likely N-dealkylation sites (N-methyl/N-ethyl adjacent to an activating group) is 1. The lowest BCUT2D eigenvalue weighted by Crippen LogP contribution is -2.53. The van der Waals surface area contributed by atoms with Crippen LogP contribution in [-0.4, -0.2) is 40.6 Å². The number of nitrogens with zero attached hydrogens (tertiary/aromatic N) is 1. The number of ketones is 2. The summed E-state index contributed by atoms with van der Waals surface area (Å²) in [4.78, 5) is 39.9. The maximum atomic E-state index is 13.3. The molecule has 3 fully saturated rings. The van der Waals surface area contributed by atoms with E-state index in [1.807, 2.05) is 19.9 Å². The van der Waals surface area contributed by atoms with E-state index in [0.29, 0.717) is 30.8 Å². The molecule has 0 heterocycles. The number of amides is 1. The lowest BCUT2D eigenvalue weighted by molar-refractivity contribution is -0.150. The third kappa shape index (κ3) is 3.14. The topological polar surface area (TPSA) is 74.7 Å². The summed E-state index contributed by atoms with van der Waals surface area (Å²) in [5.74, 6) is 0.369. The highest BCUT2D eigenvalue weighted by atomic mass is 16.3. The number of hydrogen-bond donors (Lipinski definition) is 1. The predicted molar refractivity (Wildman–Crippen MR) is 119 cm³/mol. The highest BCUT2D eigenvalue weighted by molar-refractivity contribution is 6.37. The van der Waals surface area contributed by atoms with E-state index in [1.165, 1.54) is 0 Å². The van der Waals surface area contributed by atoms with Crippen LogP contribution < -0.4 is 0 Å². The van der Waals surface area contributed by atoms with Crippen molar-refractivity contribution in [3.05, 3.63) is 23.5 Å². The smallest absolute Gasteiger partial charge is 0.290 e. The summed E-state index contributed by atoms with van der Waals surface area (Å²) in [6, 6.07) is 0. The molecule has 0 radical (unpaired) electrons. The molecule has 1 amide bonds. The SMILES string of the molecule is CCN(CC)C(=O)C(=O)[C@H]1CC[C@H]2[C@@H]3C[C@H](C)C4=CC(=O)C(O)=C[C@]4(C)[C@H]3CC[C@]12C. The van der Waals surface area contributed by atoms with Crippen molar-refractivity contribution in [3.63, 3.8) is 0 Å². The van der Waals surface area contributed by atoms with E-state index in [-0.39, 0.29) is 45.9 Å². The number of hydrogen-bond acceptors (Lipinski definition) is 4. The first-order valence-corrected chi connectivity index (χ1v) is 12.1. The van der Waals surface area contributed by atoms with E-state index < -0.39 is 0 Å². The van der Waals surface area contributed by atoms with Crippen LogP contribution in [0.4, 0.5) is 0 Å². The molecule has 0 unspecified atom stereocenters. The molecule has 0 aliphatic heterocycles. The Morgan fingerprint density at radius 1 is 1.13 bits per heavy atom. The second kappa shape index (κ2) is 7.60. The van der Waals surface area contributed by atoms with Crippen molar-refractivity contribution in [1.82, 2.24) is 4.90 Å². The zero-order chi connectivity index (χ0) is 22.7. The lowest BCUT2D eigenvalue weighted by atomic mass is 9.46. The maximum Gasteiger partial charge on any atom is 0.290 e. The Morgan fingerprint density at radius 3 is 2.45 bits per heavy atom. The summed E-state index contributed by atoms with van der Waals surface area (Å²) in [5.41, 5.74) is 0.706. The zero-order valence-electron chi connectivity index (χ0n) is 19.6. The minimum absolute atomic E-state index is 0.128. The molecule has 4 aliphatic rings. The quantitative estimate of drug-likeness (QED) is 0.671. The van der Waals surface area contributed by atoms with Gasteiger partial charge in [-0.3, -0.25) is 14.4 Å². The lowest BCUT2D eigenvalue weighted by Gasteiger charge is -2.58. The summed E-state index contributed by atoms with van der Waals surface area (Å²) in [7, 11) is 0. The molecule has 0 aromatic rings. The average molecular weight is 428 g/mol. The maximum absolute atomic E-state index is 13.3. The fraction of sp³-hybridized carbons (Fsp3) is 0.731. The number of allylic oxidation sites excluding steroid dienone is 3. The van der Waals surface area contributed by atoms with Gasteiger partial charge in [0.1, 0.15) is 0 Å². The van der Waals surface area contributed by atoms with Gasteiger partial charge in [-0.05, 0) is 87.2 Å².